The molecule has 2 saturated heterocycles. The van der Waals surface area contributed by atoms with Gasteiger partial charge in [-0.25, -0.2) is 4.79 Å². The minimum atomic E-state index is -0.417. The minimum Gasteiger partial charge on any atom is -0.444 e. The molecule has 0 saturated carbocycles. The molecule has 0 aliphatic carbocycles. The van der Waals surface area contributed by atoms with Crippen molar-refractivity contribution >= 4 is 6.09 Å². The molecule has 0 aromatic carbocycles. The highest BCUT2D eigenvalue weighted by Crippen LogP contribution is 2.39. The van der Waals surface area contributed by atoms with Gasteiger partial charge in [0.1, 0.15) is 5.60 Å². The summed E-state index contributed by atoms with van der Waals surface area (Å²) in [6.45, 7) is 5.71. The van der Waals surface area contributed by atoms with Crippen LogP contribution in [0.4, 0.5) is 4.79 Å². The molecule has 1 amide bonds. The smallest absolute Gasteiger partial charge is 0.410 e. The Morgan fingerprint density at radius 3 is 2.24 bits per heavy atom. The van der Waals surface area contributed by atoms with Gasteiger partial charge in [-0.15, -0.1) is 12.3 Å². The van der Waals surface area contributed by atoms with Gasteiger partial charge in [-0.05, 0) is 46.5 Å². The van der Waals surface area contributed by atoms with E-state index >= 15 is 0 Å². The maximum atomic E-state index is 12.1. The Morgan fingerprint density at radius 1 is 1.29 bits per heavy atom. The molecule has 3 heteroatoms. The van der Waals surface area contributed by atoms with E-state index in [1.54, 1.807) is 0 Å². The number of fused-ring (bicyclic) bond motifs is 2. The van der Waals surface area contributed by atoms with Crippen molar-refractivity contribution in [2.24, 2.45) is 5.92 Å². The third-order valence-corrected chi connectivity index (χ3v) is 3.57. The van der Waals surface area contributed by atoms with Gasteiger partial charge in [0, 0.05) is 18.0 Å². The summed E-state index contributed by atoms with van der Waals surface area (Å²) < 4.78 is 5.46. The molecule has 0 spiro atoms. The molecule has 2 aliphatic rings. The number of hydrogen-bond donors (Lipinski definition) is 0. The summed E-state index contributed by atoms with van der Waals surface area (Å²) in [6, 6.07) is 0.592. The molecule has 17 heavy (non-hydrogen) atoms. The van der Waals surface area contributed by atoms with Gasteiger partial charge >= 0.3 is 6.09 Å². The van der Waals surface area contributed by atoms with Gasteiger partial charge in [-0.2, -0.15) is 0 Å². The maximum Gasteiger partial charge on any atom is 0.410 e. The van der Waals surface area contributed by atoms with Gasteiger partial charge in [-0.3, -0.25) is 0 Å². The van der Waals surface area contributed by atoms with E-state index in [2.05, 4.69) is 5.92 Å². The second-order valence-corrected chi connectivity index (χ2v) is 6.11. The maximum absolute atomic E-state index is 12.1. The van der Waals surface area contributed by atoms with Crippen LogP contribution in [-0.2, 0) is 4.74 Å². The molecular weight excluding hydrogens is 214 g/mol. The fraction of sp³-hybridized carbons (Fsp3) is 0.786. The summed E-state index contributed by atoms with van der Waals surface area (Å²) in [6.07, 6.45) is 9.34. The first-order valence-electron chi connectivity index (χ1n) is 6.38. The van der Waals surface area contributed by atoms with Crippen molar-refractivity contribution in [3.05, 3.63) is 0 Å². The fourth-order valence-electron chi connectivity index (χ4n) is 2.93. The second kappa shape index (κ2) is 4.25. The quantitative estimate of drug-likeness (QED) is 0.604. The van der Waals surface area contributed by atoms with Crippen LogP contribution in [0.15, 0.2) is 0 Å². The average molecular weight is 235 g/mol. The van der Waals surface area contributed by atoms with Crippen LogP contribution in [0, 0.1) is 18.3 Å². The Hall–Kier alpha value is -1.17. The van der Waals surface area contributed by atoms with E-state index in [0.29, 0.717) is 18.0 Å². The molecule has 2 fully saturated rings. The van der Waals surface area contributed by atoms with E-state index < -0.39 is 5.60 Å². The van der Waals surface area contributed by atoms with E-state index in [-0.39, 0.29) is 6.09 Å². The summed E-state index contributed by atoms with van der Waals surface area (Å²) in [5, 5.41) is 0. The van der Waals surface area contributed by atoms with Gasteiger partial charge in [0.15, 0.2) is 0 Å². The third kappa shape index (κ3) is 2.57. The van der Waals surface area contributed by atoms with Gasteiger partial charge in [-0.1, -0.05) is 0 Å². The summed E-state index contributed by atoms with van der Waals surface area (Å²) in [4.78, 5) is 14.1. The lowest BCUT2D eigenvalue weighted by molar-refractivity contribution is 0.00492. The number of carbonyl (C=O) groups excluding carboxylic acids is 1. The van der Waals surface area contributed by atoms with Crippen molar-refractivity contribution < 1.29 is 9.53 Å². The topological polar surface area (TPSA) is 29.5 Å². The number of nitrogens with zero attached hydrogens (tertiary/aromatic N) is 1. The molecule has 0 aromatic rings. The van der Waals surface area contributed by atoms with Crippen molar-refractivity contribution in [2.45, 2.75) is 64.1 Å². The first kappa shape index (κ1) is 12.3. The van der Waals surface area contributed by atoms with Crippen molar-refractivity contribution in [3.63, 3.8) is 0 Å². The van der Waals surface area contributed by atoms with Gasteiger partial charge in [0.25, 0.3) is 0 Å². The summed E-state index contributed by atoms with van der Waals surface area (Å²) in [5.74, 6) is 3.17. The highest BCUT2D eigenvalue weighted by atomic mass is 16.6. The highest BCUT2D eigenvalue weighted by Gasteiger charge is 2.44. The largest absolute Gasteiger partial charge is 0.444 e. The molecular formula is C14H21NO2. The first-order valence-corrected chi connectivity index (χ1v) is 6.38. The number of hydrogen-bond acceptors (Lipinski definition) is 2. The lowest BCUT2D eigenvalue weighted by atomic mass is 9.92. The van der Waals surface area contributed by atoms with Crippen LogP contribution >= 0.6 is 0 Å². The van der Waals surface area contributed by atoms with E-state index in [1.165, 1.54) is 0 Å². The normalized spacial score (nSPS) is 32.1. The van der Waals surface area contributed by atoms with Crippen LogP contribution < -0.4 is 0 Å². The molecule has 2 aliphatic heterocycles. The number of piperidine rings is 1. The van der Waals surface area contributed by atoms with E-state index in [1.807, 2.05) is 25.7 Å². The van der Waals surface area contributed by atoms with Crippen molar-refractivity contribution in [2.75, 3.05) is 0 Å². The van der Waals surface area contributed by atoms with Crippen LogP contribution in [0.2, 0.25) is 0 Å². The predicted octanol–water partition coefficient (Wildman–Crippen LogP) is 2.80. The zero-order valence-corrected chi connectivity index (χ0v) is 10.9. The molecule has 0 aromatic heterocycles. The lowest BCUT2D eigenvalue weighted by Gasteiger charge is -2.38. The lowest BCUT2D eigenvalue weighted by Crippen LogP contribution is -2.48. The first-order chi connectivity index (χ1) is 7.90. The zero-order chi connectivity index (χ0) is 12.6. The average Bonchev–Trinajstić information content (AvgIpc) is 2.47. The van der Waals surface area contributed by atoms with Crippen LogP contribution in [-0.4, -0.2) is 28.7 Å². The standard InChI is InChI=1S/C14H21NO2/c1-5-10-8-11-6-7-12(9-10)15(11)13(16)17-14(2,3)4/h1,10-12H,6-9H2,2-4H3/t10-,11-,12?/m0/s1. The summed E-state index contributed by atoms with van der Waals surface area (Å²) in [5.41, 5.74) is -0.417. The molecule has 2 rings (SSSR count). The fourth-order valence-corrected chi connectivity index (χ4v) is 2.93. The number of ether oxygens (including phenoxy) is 1. The Balaban J connectivity index is 2.04. The molecule has 94 valence electrons. The predicted molar refractivity (Wildman–Crippen MR) is 66.4 cm³/mol. The molecule has 1 unspecified atom stereocenters. The minimum absolute atomic E-state index is 0.166. The van der Waals surface area contributed by atoms with Crippen LogP contribution in [0.3, 0.4) is 0 Å². The Kier molecular flexibility index (Phi) is 3.07. The third-order valence-electron chi connectivity index (χ3n) is 3.57. The molecule has 0 radical (unpaired) electrons. The van der Waals surface area contributed by atoms with E-state index in [9.17, 15) is 4.79 Å². The molecule has 3 atom stereocenters. The van der Waals surface area contributed by atoms with E-state index in [0.717, 1.165) is 25.7 Å². The van der Waals surface area contributed by atoms with Gasteiger partial charge < -0.3 is 9.64 Å². The van der Waals surface area contributed by atoms with Gasteiger partial charge in [0.2, 0.25) is 0 Å². The summed E-state index contributed by atoms with van der Waals surface area (Å²) in [7, 11) is 0. The number of terminal acetylenes is 1. The SMILES string of the molecule is C#C[C@@H]1CC2CC[C@@H](C1)N2C(=O)OC(C)(C)C. The summed E-state index contributed by atoms with van der Waals surface area (Å²) >= 11 is 0. The Labute approximate surface area is 104 Å². The second-order valence-electron chi connectivity index (χ2n) is 6.11. The molecule has 2 bridgehead atoms. The van der Waals surface area contributed by atoms with Crippen LogP contribution in [0.1, 0.15) is 46.5 Å². The van der Waals surface area contributed by atoms with Crippen molar-refractivity contribution in [1.82, 2.24) is 4.90 Å². The monoisotopic (exact) mass is 235 g/mol. The molecule has 0 N–H and O–H groups in total. The van der Waals surface area contributed by atoms with Crippen LogP contribution in [0.25, 0.3) is 0 Å². The van der Waals surface area contributed by atoms with Crippen LogP contribution in [0.5, 0.6) is 0 Å². The van der Waals surface area contributed by atoms with Gasteiger partial charge in [0.05, 0.1) is 0 Å². The Bertz CT molecular complexity index is 336. The zero-order valence-electron chi connectivity index (χ0n) is 10.9. The number of carbonyl (C=O) groups is 1. The molecule has 2 heterocycles. The molecule has 3 nitrogen and oxygen atoms in total. The number of rotatable bonds is 0. The van der Waals surface area contributed by atoms with Crippen molar-refractivity contribution in [1.29, 1.82) is 0 Å². The van der Waals surface area contributed by atoms with E-state index in [4.69, 9.17) is 11.2 Å². The Morgan fingerprint density at radius 2 is 1.82 bits per heavy atom. The van der Waals surface area contributed by atoms with Crippen molar-refractivity contribution in [3.8, 4) is 12.3 Å². The number of amides is 1. The highest BCUT2D eigenvalue weighted by molar-refractivity contribution is 5.69.